The Bertz CT molecular complexity index is 315. The molecule has 2 heteroatoms. The number of hydrogen-bond acceptors (Lipinski definition) is 1. The Morgan fingerprint density at radius 1 is 1.38 bits per heavy atom. The number of hydrogen-bond donors (Lipinski definition) is 0. The van der Waals surface area contributed by atoms with E-state index < -0.39 is 0 Å². The van der Waals surface area contributed by atoms with Crippen molar-refractivity contribution in [1.82, 2.24) is 0 Å². The first kappa shape index (κ1) is 9.82. The molecule has 1 aliphatic carbocycles. The topological polar surface area (TPSA) is 9.23 Å². The predicted molar refractivity (Wildman–Crippen MR) is 50.7 cm³/mol. The Morgan fingerprint density at radius 2 is 2.08 bits per heavy atom. The zero-order valence-corrected chi connectivity index (χ0v) is 8.10. The molecule has 70 valence electrons. The molecule has 13 heavy (non-hydrogen) atoms. The van der Waals surface area contributed by atoms with Crippen LogP contribution in [0.5, 0.6) is 0 Å². The highest BCUT2D eigenvalue weighted by atomic mass is 19.1. The van der Waals surface area contributed by atoms with Gasteiger partial charge in [0, 0.05) is 6.08 Å². The minimum absolute atomic E-state index is 0.270. The van der Waals surface area contributed by atoms with Gasteiger partial charge in [-0.25, -0.2) is 0 Å². The fraction of sp³-hybridized carbons (Fsp3) is 0.364. The molecule has 0 spiro atoms. The lowest BCUT2D eigenvalue weighted by Gasteiger charge is -2.01. The van der Waals surface area contributed by atoms with Crippen LogP contribution in [0.4, 0.5) is 4.39 Å². The summed E-state index contributed by atoms with van der Waals surface area (Å²) in [6.07, 6.45) is 4.90. The van der Waals surface area contributed by atoms with Gasteiger partial charge >= 0.3 is 0 Å². The van der Waals surface area contributed by atoms with Gasteiger partial charge in [-0.05, 0) is 23.6 Å². The Hall–Kier alpha value is -1.27. The Morgan fingerprint density at radius 3 is 2.62 bits per heavy atom. The van der Waals surface area contributed by atoms with E-state index in [1.807, 2.05) is 19.9 Å². The van der Waals surface area contributed by atoms with Gasteiger partial charge in [0.15, 0.2) is 5.83 Å². The van der Waals surface area contributed by atoms with Gasteiger partial charge in [-0.3, -0.25) is 0 Å². The molecule has 1 aliphatic rings. The summed E-state index contributed by atoms with van der Waals surface area (Å²) < 4.78 is 18.0. The number of allylic oxidation sites excluding steroid dienone is 4. The normalized spacial score (nSPS) is 16.2. The Kier molecular flexibility index (Phi) is 3.10. The molecule has 1 nitrogen and oxygen atoms in total. The summed E-state index contributed by atoms with van der Waals surface area (Å²) in [5.74, 6) is 0.401. The number of halogens is 1. The number of ether oxygens (including phenoxy) is 1. The second-order valence-corrected chi connectivity index (χ2v) is 3.17. The quantitative estimate of drug-likeness (QED) is 0.593. The zero-order chi connectivity index (χ0) is 9.84. The molecular weight excluding hydrogens is 167 g/mol. The van der Waals surface area contributed by atoms with Gasteiger partial charge in [-0.1, -0.05) is 19.6 Å². The van der Waals surface area contributed by atoms with E-state index in [0.717, 1.165) is 5.57 Å². The summed E-state index contributed by atoms with van der Waals surface area (Å²) in [6.45, 7) is 4.00. The lowest BCUT2D eigenvalue weighted by atomic mass is 10.0. The summed E-state index contributed by atoms with van der Waals surface area (Å²) in [5.41, 5.74) is 3.51. The van der Waals surface area contributed by atoms with Crippen LogP contribution in [0.1, 0.15) is 13.8 Å². The molecule has 0 saturated heterocycles. The van der Waals surface area contributed by atoms with E-state index in [4.69, 9.17) is 4.74 Å². The average molecular weight is 180 g/mol. The Labute approximate surface area is 77.9 Å². The smallest absolute Gasteiger partial charge is 0.169 e. The minimum Gasteiger partial charge on any atom is -0.497 e. The monoisotopic (exact) mass is 180 g/mol. The molecule has 0 fully saturated rings. The first-order chi connectivity index (χ1) is 6.13. The third-order valence-corrected chi connectivity index (χ3v) is 1.82. The predicted octanol–water partition coefficient (Wildman–Crippen LogP) is 3.12. The number of methoxy groups -OCH3 is 1. The van der Waals surface area contributed by atoms with Crippen LogP contribution >= 0.6 is 0 Å². The zero-order valence-electron chi connectivity index (χ0n) is 8.10. The fourth-order valence-electron chi connectivity index (χ4n) is 1.02. The van der Waals surface area contributed by atoms with Crippen molar-refractivity contribution in [2.45, 2.75) is 13.8 Å². The maximum absolute atomic E-state index is 13.1. The third-order valence-electron chi connectivity index (χ3n) is 1.82. The standard InChI is InChI=1S/C11H13FO/c1-8(2)9-4-5-11(13-3)7-10(12)6-9/h4-5,7-8H,1-3H3. The largest absolute Gasteiger partial charge is 0.497 e. The SMILES string of the molecule is COC1=CC(F)=C=C(C(C)C)C=C1. The maximum atomic E-state index is 13.1. The lowest BCUT2D eigenvalue weighted by Crippen LogP contribution is -1.88. The van der Waals surface area contributed by atoms with E-state index >= 15 is 0 Å². The van der Waals surface area contributed by atoms with Crippen molar-refractivity contribution < 1.29 is 9.13 Å². The highest BCUT2D eigenvalue weighted by Gasteiger charge is 2.04. The second kappa shape index (κ2) is 4.11. The van der Waals surface area contributed by atoms with E-state index in [0.29, 0.717) is 5.76 Å². The van der Waals surface area contributed by atoms with Crippen LogP contribution in [0.3, 0.4) is 0 Å². The van der Waals surface area contributed by atoms with Gasteiger partial charge < -0.3 is 4.74 Å². The van der Waals surface area contributed by atoms with Crippen molar-refractivity contribution in [3.8, 4) is 0 Å². The molecule has 0 aromatic rings. The van der Waals surface area contributed by atoms with Gasteiger partial charge in [0.25, 0.3) is 0 Å². The van der Waals surface area contributed by atoms with E-state index in [2.05, 4.69) is 5.73 Å². The van der Waals surface area contributed by atoms with Crippen molar-refractivity contribution in [1.29, 1.82) is 0 Å². The third kappa shape index (κ3) is 2.60. The van der Waals surface area contributed by atoms with Crippen molar-refractivity contribution in [3.63, 3.8) is 0 Å². The van der Waals surface area contributed by atoms with Gasteiger partial charge in [0.05, 0.1) is 7.11 Å². The average Bonchev–Trinajstić information content (AvgIpc) is 2.26. The molecule has 0 aromatic carbocycles. The van der Waals surface area contributed by atoms with E-state index in [9.17, 15) is 4.39 Å². The van der Waals surface area contributed by atoms with Gasteiger partial charge in [-0.15, -0.1) is 0 Å². The molecule has 0 radical (unpaired) electrons. The van der Waals surface area contributed by atoms with Gasteiger partial charge in [-0.2, -0.15) is 4.39 Å². The second-order valence-electron chi connectivity index (χ2n) is 3.17. The summed E-state index contributed by atoms with van der Waals surface area (Å²) in [7, 11) is 1.52. The molecule has 0 bridgehead atoms. The molecule has 0 amide bonds. The summed E-state index contributed by atoms with van der Waals surface area (Å²) >= 11 is 0. The van der Waals surface area contributed by atoms with Crippen LogP contribution < -0.4 is 0 Å². The van der Waals surface area contributed by atoms with Crippen molar-refractivity contribution >= 4 is 0 Å². The molecule has 0 atom stereocenters. The summed E-state index contributed by atoms with van der Waals surface area (Å²) in [5, 5.41) is 0. The first-order valence-electron chi connectivity index (χ1n) is 4.23. The van der Waals surface area contributed by atoms with E-state index in [1.165, 1.54) is 13.2 Å². The Balaban J connectivity index is 3.03. The highest BCUT2D eigenvalue weighted by Crippen LogP contribution is 2.17. The minimum atomic E-state index is -0.384. The first-order valence-corrected chi connectivity index (χ1v) is 4.23. The van der Waals surface area contributed by atoms with Crippen LogP contribution in [-0.4, -0.2) is 7.11 Å². The van der Waals surface area contributed by atoms with Crippen LogP contribution in [0.2, 0.25) is 0 Å². The van der Waals surface area contributed by atoms with Crippen LogP contribution in [-0.2, 0) is 4.74 Å². The molecule has 0 aromatic heterocycles. The van der Waals surface area contributed by atoms with Crippen LogP contribution in [0, 0.1) is 5.92 Å². The molecule has 0 aliphatic heterocycles. The molecule has 0 saturated carbocycles. The highest BCUT2D eigenvalue weighted by molar-refractivity contribution is 5.34. The molecule has 0 unspecified atom stereocenters. The maximum Gasteiger partial charge on any atom is 0.169 e. The van der Waals surface area contributed by atoms with Crippen LogP contribution in [0.25, 0.3) is 0 Å². The van der Waals surface area contributed by atoms with Crippen LogP contribution in [0.15, 0.2) is 41.1 Å². The summed E-state index contributed by atoms with van der Waals surface area (Å²) in [4.78, 5) is 0. The van der Waals surface area contributed by atoms with Gasteiger partial charge in [0.2, 0.25) is 0 Å². The van der Waals surface area contributed by atoms with E-state index in [-0.39, 0.29) is 11.7 Å². The van der Waals surface area contributed by atoms with Crippen molar-refractivity contribution in [2.75, 3.05) is 7.11 Å². The summed E-state index contributed by atoms with van der Waals surface area (Å²) in [6, 6.07) is 0. The molecule has 0 N–H and O–H groups in total. The van der Waals surface area contributed by atoms with Crippen molar-refractivity contribution in [2.24, 2.45) is 5.92 Å². The van der Waals surface area contributed by atoms with Gasteiger partial charge in [0.1, 0.15) is 5.76 Å². The lowest BCUT2D eigenvalue weighted by molar-refractivity contribution is 0.305. The molecular formula is C11H13FO. The molecule has 1 rings (SSSR count). The fourth-order valence-corrected chi connectivity index (χ4v) is 1.02. The van der Waals surface area contributed by atoms with Crippen molar-refractivity contribution in [3.05, 3.63) is 41.1 Å². The number of rotatable bonds is 2. The van der Waals surface area contributed by atoms with E-state index in [1.54, 1.807) is 6.08 Å². The molecule has 0 heterocycles.